The van der Waals surface area contributed by atoms with Gasteiger partial charge in [0.05, 0.1) is 5.54 Å². The Morgan fingerprint density at radius 3 is 2.50 bits per heavy atom. The van der Waals surface area contributed by atoms with Gasteiger partial charge in [0.1, 0.15) is 12.4 Å². The maximum Gasteiger partial charge on any atom is 0.230 e. The van der Waals surface area contributed by atoms with Crippen LogP contribution in [-0.2, 0) is 12.1 Å². The Morgan fingerprint density at radius 2 is 1.75 bits per heavy atom. The molecular formula is C23H25N3O2. The Hall–Kier alpha value is -2.66. The molecular weight excluding hydrogens is 350 g/mol. The number of aromatic nitrogens is 2. The van der Waals surface area contributed by atoms with Crippen LogP contribution in [-0.4, -0.2) is 10.1 Å². The molecule has 0 radical (unpaired) electrons. The van der Waals surface area contributed by atoms with Gasteiger partial charge >= 0.3 is 0 Å². The highest BCUT2D eigenvalue weighted by molar-refractivity contribution is 5.35. The van der Waals surface area contributed by atoms with Gasteiger partial charge in [0.2, 0.25) is 5.89 Å². The summed E-state index contributed by atoms with van der Waals surface area (Å²) in [7, 11) is 0. The highest BCUT2D eigenvalue weighted by Gasteiger charge is 2.45. The van der Waals surface area contributed by atoms with Crippen LogP contribution in [0.2, 0.25) is 0 Å². The second-order valence-electron chi connectivity index (χ2n) is 8.11. The zero-order valence-electron chi connectivity index (χ0n) is 15.9. The predicted molar refractivity (Wildman–Crippen MR) is 106 cm³/mol. The number of benzene rings is 2. The summed E-state index contributed by atoms with van der Waals surface area (Å²) in [6.07, 6.45) is 5.23. The summed E-state index contributed by atoms with van der Waals surface area (Å²) in [5.41, 5.74) is 8.52. The van der Waals surface area contributed by atoms with E-state index in [0.717, 1.165) is 43.7 Å². The molecule has 2 saturated carbocycles. The van der Waals surface area contributed by atoms with E-state index in [9.17, 15) is 0 Å². The Morgan fingerprint density at radius 1 is 1.00 bits per heavy atom. The lowest BCUT2D eigenvalue weighted by Gasteiger charge is -2.17. The first-order chi connectivity index (χ1) is 13.7. The normalized spacial score (nSPS) is 22.9. The summed E-state index contributed by atoms with van der Waals surface area (Å²) in [5.74, 6) is 3.06. The molecule has 3 aromatic rings. The zero-order chi connectivity index (χ0) is 19.0. The van der Waals surface area contributed by atoms with Gasteiger partial charge in [-0.2, -0.15) is 4.98 Å². The number of rotatable bonds is 6. The molecule has 1 heterocycles. The maximum atomic E-state index is 6.45. The van der Waals surface area contributed by atoms with Crippen LogP contribution in [0.1, 0.15) is 66.8 Å². The molecule has 2 aromatic carbocycles. The van der Waals surface area contributed by atoms with Crippen molar-refractivity contribution in [3.05, 3.63) is 77.4 Å². The number of hydrogen-bond donors (Lipinski definition) is 1. The summed E-state index contributed by atoms with van der Waals surface area (Å²) in [6.45, 7) is 0.581. The van der Waals surface area contributed by atoms with Crippen LogP contribution in [0, 0.1) is 0 Å². The van der Waals surface area contributed by atoms with Crippen molar-refractivity contribution in [2.24, 2.45) is 5.73 Å². The van der Waals surface area contributed by atoms with Gasteiger partial charge in [-0.1, -0.05) is 60.5 Å². The van der Waals surface area contributed by atoms with Gasteiger partial charge in [-0.3, -0.25) is 0 Å². The lowest BCUT2D eigenvalue weighted by Crippen LogP contribution is -2.34. The number of hydrogen-bond acceptors (Lipinski definition) is 5. The monoisotopic (exact) mass is 375 g/mol. The van der Waals surface area contributed by atoms with Crippen LogP contribution in [0.5, 0.6) is 5.75 Å². The van der Waals surface area contributed by atoms with Crippen LogP contribution < -0.4 is 10.5 Å². The van der Waals surface area contributed by atoms with E-state index in [1.807, 2.05) is 30.3 Å². The molecule has 2 atom stereocenters. The molecule has 2 N–H and O–H groups in total. The van der Waals surface area contributed by atoms with Gasteiger partial charge in [0, 0.05) is 5.92 Å². The average Bonchev–Trinajstić information content (AvgIpc) is 3.14. The summed E-state index contributed by atoms with van der Waals surface area (Å²) in [6, 6.07) is 18.6. The molecule has 2 unspecified atom stereocenters. The maximum absolute atomic E-state index is 6.45. The smallest absolute Gasteiger partial charge is 0.230 e. The molecule has 2 aliphatic rings. The molecule has 28 heavy (non-hydrogen) atoms. The fourth-order valence-electron chi connectivity index (χ4n) is 4.21. The van der Waals surface area contributed by atoms with Crippen molar-refractivity contribution >= 4 is 0 Å². The Bertz CT molecular complexity index is 930. The van der Waals surface area contributed by atoms with Crippen molar-refractivity contribution in [3.8, 4) is 5.75 Å². The van der Waals surface area contributed by atoms with Gasteiger partial charge in [0.25, 0.3) is 0 Å². The minimum atomic E-state index is -0.385. The highest BCUT2D eigenvalue weighted by atomic mass is 16.5. The quantitative estimate of drug-likeness (QED) is 0.679. The van der Waals surface area contributed by atoms with Gasteiger partial charge in [-0.25, -0.2) is 0 Å². The van der Waals surface area contributed by atoms with E-state index < -0.39 is 0 Å². The third kappa shape index (κ3) is 3.42. The molecule has 0 amide bonds. The molecule has 5 heteroatoms. The van der Waals surface area contributed by atoms with Gasteiger partial charge in [-0.15, -0.1) is 0 Å². The minimum absolute atomic E-state index is 0.308. The van der Waals surface area contributed by atoms with E-state index in [0.29, 0.717) is 24.3 Å². The molecule has 0 bridgehead atoms. The molecule has 144 valence electrons. The van der Waals surface area contributed by atoms with Crippen molar-refractivity contribution in [2.75, 3.05) is 0 Å². The highest BCUT2D eigenvalue weighted by Crippen LogP contribution is 2.54. The van der Waals surface area contributed by atoms with E-state index in [-0.39, 0.29) is 5.54 Å². The summed E-state index contributed by atoms with van der Waals surface area (Å²) in [4.78, 5) is 4.65. The molecule has 2 fully saturated rings. The predicted octanol–water partition coefficient (Wildman–Crippen LogP) is 4.65. The lowest BCUT2D eigenvalue weighted by molar-refractivity contribution is 0.306. The van der Waals surface area contributed by atoms with Crippen LogP contribution in [0.3, 0.4) is 0 Å². The topological polar surface area (TPSA) is 74.2 Å². The Balaban J connectivity index is 1.21. The van der Waals surface area contributed by atoms with Crippen LogP contribution in [0.25, 0.3) is 0 Å². The van der Waals surface area contributed by atoms with Crippen molar-refractivity contribution in [2.45, 2.75) is 56.1 Å². The first kappa shape index (κ1) is 17.4. The van der Waals surface area contributed by atoms with Crippen molar-refractivity contribution in [1.29, 1.82) is 0 Å². The van der Waals surface area contributed by atoms with Crippen molar-refractivity contribution < 1.29 is 9.26 Å². The van der Waals surface area contributed by atoms with Gasteiger partial charge in [-0.05, 0) is 48.4 Å². The van der Waals surface area contributed by atoms with E-state index in [4.69, 9.17) is 15.0 Å². The minimum Gasteiger partial charge on any atom is -0.489 e. The molecule has 0 spiro atoms. The molecule has 5 nitrogen and oxygen atoms in total. The summed E-state index contributed by atoms with van der Waals surface area (Å²) < 4.78 is 11.4. The SMILES string of the molecule is NC1(c2noc(C3CC3c3ccc(OCc4ccccc4)cc3)n2)CCCC1. The van der Waals surface area contributed by atoms with Gasteiger partial charge in [0.15, 0.2) is 5.82 Å². The van der Waals surface area contributed by atoms with E-state index in [2.05, 4.69) is 34.4 Å². The van der Waals surface area contributed by atoms with Crippen molar-refractivity contribution in [1.82, 2.24) is 10.1 Å². The molecule has 5 rings (SSSR count). The van der Waals surface area contributed by atoms with E-state index >= 15 is 0 Å². The van der Waals surface area contributed by atoms with Crippen LogP contribution in [0.15, 0.2) is 59.1 Å². The third-order valence-electron chi connectivity index (χ3n) is 6.05. The molecule has 0 aliphatic heterocycles. The van der Waals surface area contributed by atoms with E-state index in [1.54, 1.807) is 0 Å². The standard InChI is InChI=1S/C23H25N3O2/c24-23(12-4-5-13-23)22-25-21(28-26-22)20-14-19(20)17-8-10-18(11-9-17)27-15-16-6-2-1-3-7-16/h1-3,6-11,19-20H,4-5,12-15,24H2. The lowest BCUT2D eigenvalue weighted by atomic mass is 9.99. The first-order valence-electron chi connectivity index (χ1n) is 10.1. The van der Waals surface area contributed by atoms with Gasteiger partial charge < -0.3 is 15.0 Å². The second kappa shape index (κ2) is 7.06. The van der Waals surface area contributed by atoms with E-state index in [1.165, 1.54) is 11.1 Å². The Labute approximate surface area is 164 Å². The van der Waals surface area contributed by atoms with Crippen molar-refractivity contribution in [3.63, 3.8) is 0 Å². The third-order valence-corrected chi connectivity index (χ3v) is 6.05. The fourth-order valence-corrected chi connectivity index (χ4v) is 4.21. The second-order valence-corrected chi connectivity index (χ2v) is 8.11. The largest absolute Gasteiger partial charge is 0.489 e. The van der Waals surface area contributed by atoms with Crippen LogP contribution in [0.4, 0.5) is 0 Å². The van der Waals surface area contributed by atoms with Crippen LogP contribution >= 0.6 is 0 Å². The molecule has 2 aliphatic carbocycles. The number of nitrogens with zero attached hydrogens (tertiary/aromatic N) is 2. The first-order valence-corrected chi connectivity index (χ1v) is 10.1. The number of ether oxygens (including phenoxy) is 1. The average molecular weight is 375 g/mol. The Kier molecular flexibility index (Phi) is 4.40. The summed E-state index contributed by atoms with van der Waals surface area (Å²) >= 11 is 0. The molecule has 1 aromatic heterocycles. The molecule has 0 saturated heterocycles. The zero-order valence-corrected chi connectivity index (χ0v) is 15.9. The summed E-state index contributed by atoms with van der Waals surface area (Å²) in [5, 5.41) is 4.20. The number of nitrogens with two attached hydrogens (primary N) is 1. The fraction of sp³-hybridized carbons (Fsp3) is 0.391.